The van der Waals surface area contributed by atoms with E-state index in [0.717, 1.165) is 23.6 Å². The summed E-state index contributed by atoms with van der Waals surface area (Å²) in [6.07, 6.45) is 0.858. The van der Waals surface area contributed by atoms with Gasteiger partial charge in [0.1, 0.15) is 5.75 Å². The summed E-state index contributed by atoms with van der Waals surface area (Å²) in [5, 5.41) is 9.63. The average molecular weight is 365 g/mol. The molecule has 2 aromatic carbocycles. The van der Waals surface area contributed by atoms with Crippen molar-refractivity contribution in [1.29, 1.82) is 5.26 Å². The van der Waals surface area contributed by atoms with Crippen molar-refractivity contribution < 1.29 is 9.53 Å². The number of ether oxygens (including phenoxy) is 1. The lowest BCUT2D eigenvalue weighted by Crippen LogP contribution is -2.39. The highest BCUT2D eigenvalue weighted by Gasteiger charge is 2.34. The van der Waals surface area contributed by atoms with Gasteiger partial charge in [0.2, 0.25) is 0 Å². The van der Waals surface area contributed by atoms with Gasteiger partial charge in [-0.2, -0.15) is 5.26 Å². The molecule has 0 N–H and O–H groups in total. The Labute approximate surface area is 157 Å². The van der Waals surface area contributed by atoms with Crippen molar-refractivity contribution in [2.75, 3.05) is 12.9 Å². The summed E-state index contributed by atoms with van der Waals surface area (Å²) in [4.78, 5) is 19.5. The molecule has 5 nitrogen and oxygen atoms in total. The maximum atomic E-state index is 13.0. The Morgan fingerprint density at radius 1 is 1.27 bits per heavy atom. The van der Waals surface area contributed by atoms with Gasteiger partial charge < -0.3 is 4.74 Å². The molecule has 3 rings (SSSR count). The molecule has 1 heterocycles. The predicted molar refractivity (Wildman–Crippen MR) is 104 cm³/mol. The zero-order valence-corrected chi connectivity index (χ0v) is 15.5. The quantitative estimate of drug-likeness (QED) is 0.813. The Balaban J connectivity index is 1.90. The van der Waals surface area contributed by atoms with E-state index in [-0.39, 0.29) is 11.9 Å². The molecule has 1 fully saturated rings. The van der Waals surface area contributed by atoms with E-state index in [4.69, 9.17) is 10.00 Å². The van der Waals surface area contributed by atoms with Gasteiger partial charge in [-0.05, 0) is 55.0 Å². The van der Waals surface area contributed by atoms with Crippen molar-refractivity contribution in [3.63, 3.8) is 0 Å². The summed E-state index contributed by atoms with van der Waals surface area (Å²) >= 11 is 1.59. The van der Waals surface area contributed by atoms with Crippen molar-refractivity contribution in [3.05, 3.63) is 59.7 Å². The topological polar surface area (TPSA) is 65.7 Å². The molecule has 0 aliphatic carbocycles. The monoisotopic (exact) mass is 365 g/mol. The highest BCUT2D eigenvalue weighted by atomic mass is 32.2. The van der Waals surface area contributed by atoms with Crippen LogP contribution >= 0.6 is 11.8 Å². The number of benzene rings is 2. The van der Waals surface area contributed by atoms with Crippen molar-refractivity contribution in [2.24, 2.45) is 4.99 Å². The Hall–Kier alpha value is -2.78. The van der Waals surface area contributed by atoms with E-state index in [9.17, 15) is 4.79 Å². The van der Waals surface area contributed by atoms with Crippen LogP contribution in [0.3, 0.4) is 0 Å². The molecule has 2 aromatic rings. The molecule has 1 saturated heterocycles. The summed E-state index contributed by atoms with van der Waals surface area (Å²) in [5.74, 6) is 1.51. The summed E-state index contributed by atoms with van der Waals surface area (Å²) in [6, 6.07) is 16.3. The number of aliphatic imine (C=N–C) groups is 1. The number of carbonyl (C=O) groups excluding carboxylic acids is 1. The first kappa shape index (κ1) is 18.0. The number of carbonyl (C=O) groups is 1. The molecule has 0 radical (unpaired) electrons. The van der Waals surface area contributed by atoms with E-state index < -0.39 is 0 Å². The summed E-state index contributed by atoms with van der Waals surface area (Å²) in [7, 11) is 1.62. The number of hydrogen-bond acceptors (Lipinski definition) is 5. The SMILES string of the molecule is CC[C@@H]1CSC(=Nc2ccc(OC)cc2)N1C(=O)c1ccc(C#N)cc1. The number of hydrogen-bond donors (Lipinski definition) is 0. The minimum atomic E-state index is -0.0846. The first-order chi connectivity index (χ1) is 12.7. The van der Waals surface area contributed by atoms with E-state index >= 15 is 0 Å². The highest BCUT2D eigenvalue weighted by Crippen LogP contribution is 2.30. The second kappa shape index (κ2) is 8.07. The van der Waals surface area contributed by atoms with Gasteiger partial charge in [0.15, 0.2) is 5.17 Å². The van der Waals surface area contributed by atoms with E-state index in [0.29, 0.717) is 16.3 Å². The predicted octanol–water partition coefficient (Wildman–Crippen LogP) is 4.22. The van der Waals surface area contributed by atoms with E-state index in [1.807, 2.05) is 24.3 Å². The van der Waals surface area contributed by atoms with Gasteiger partial charge in [0.05, 0.1) is 24.4 Å². The number of nitriles is 1. The highest BCUT2D eigenvalue weighted by molar-refractivity contribution is 8.14. The van der Waals surface area contributed by atoms with Crippen LogP contribution < -0.4 is 4.74 Å². The molecule has 1 amide bonds. The van der Waals surface area contributed by atoms with E-state index in [2.05, 4.69) is 18.0 Å². The van der Waals surface area contributed by atoms with Gasteiger partial charge in [-0.1, -0.05) is 18.7 Å². The third-order valence-electron chi connectivity index (χ3n) is 4.22. The first-order valence-corrected chi connectivity index (χ1v) is 9.34. The first-order valence-electron chi connectivity index (χ1n) is 8.35. The van der Waals surface area contributed by atoms with Crippen LogP contribution in [-0.2, 0) is 0 Å². The van der Waals surface area contributed by atoms with Gasteiger partial charge in [-0.3, -0.25) is 9.69 Å². The normalized spacial score (nSPS) is 18.0. The average Bonchev–Trinajstić information content (AvgIpc) is 3.10. The summed E-state index contributed by atoms with van der Waals surface area (Å²) < 4.78 is 5.17. The lowest BCUT2D eigenvalue weighted by Gasteiger charge is -2.23. The minimum absolute atomic E-state index is 0.0846. The number of rotatable bonds is 4. The second-order valence-electron chi connectivity index (χ2n) is 5.83. The van der Waals surface area contributed by atoms with Crippen LogP contribution in [0.25, 0.3) is 0 Å². The third-order valence-corrected chi connectivity index (χ3v) is 5.32. The third kappa shape index (κ3) is 3.73. The number of nitrogens with zero attached hydrogens (tertiary/aromatic N) is 3. The summed E-state index contributed by atoms with van der Waals surface area (Å²) in [5.41, 5.74) is 1.88. The van der Waals surface area contributed by atoms with Crippen LogP contribution in [0.5, 0.6) is 5.75 Å². The van der Waals surface area contributed by atoms with E-state index in [1.54, 1.807) is 48.0 Å². The van der Waals surface area contributed by atoms with Crippen LogP contribution in [0.15, 0.2) is 53.5 Å². The standard InChI is InChI=1S/C20H19N3O2S/c1-3-17-13-26-20(22-16-8-10-18(25-2)11-9-16)23(17)19(24)15-6-4-14(12-21)5-7-15/h4-11,17H,3,13H2,1-2H3/t17-/m1/s1. The molecule has 1 atom stereocenters. The van der Waals surface area contributed by atoms with Gasteiger partial charge in [0.25, 0.3) is 5.91 Å². The van der Waals surface area contributed by atoms with E-state index in [1.165, 1.54) is 0 Å². The zero-order valence-electron chi connectivity index (χ0n) is 14.7. The van der Waals surface area contributed by atoms with Crippen LogP contribution in [0, 0.1) is 11.3 Å². The van der Waals surface area contributed by atoms with Crippen molar-refractivity contribution in [2.45, 2.75) is 19.4 Å². The van der Waals surface area contributed by atoms with Gasteiger partial charge in [-0.15, -0.1) is 0 Å². The number of methoxy groups -OCH3 is 1. The molecule has 1 aliphatic heterocycles. The molecule has 1 aliphatic rings. The van der Waals surface area contributed by atoms with Crippen molar-refractivity contribution in [3.8, 4) is 11.8 Å². The lowest BCUT2D eigenvalue weighted by molar-refractivity contribution is 0.0819. The molecule has 0 aromatic heterocycles. The molecular formula is C20H19N3O2S. The maximum Gasteiger partial charge on any atom is 0.260 e. The van der Waals surface area contributed by atoms with Crippen LogP contribution in [0.4, 0.5) is 5.69 Å². The molecular weight excluding hydrogens is 346 g/mol. The van der Waals surface area contributed by atoms with Gasteiger partial charge >= 0.3 is 0 Å². The zero-order chi connectivity index (χ0) is 18.5. The molecule has 0 saturated carbocycles. The molecule has 26 heavy (non-hydrogen) atoms. The Morgan fingerprint density at radius 2 is 1.96 bits per heavy atom. The molecule has 0 bridgehead atoms. The van der Waals surface area contributed by atoms with Gasteiger partial charge in [0, 0.05) is 17.4 Å². The van der Waals surface area contributed by atoms with Crippen molar-refractivity contribution >= 4 is 28.5 Å². The molecule has 6 heteroatoms. The fourth-order valence-electron chi connectivity index (χ4n) is 2.70. The summed E-state index contributed by atoms with van der Waals surface area (Å²) in [6.45, 7) is 2.07. The smallest absolute Gasteiger partial charge is 0.260 e. The second-order valence-corrected chi connectivity index (χ2v) is 6.82. The fourth-order valence-corrected chi connectivity index (χ4v) is 3.97. The largest absolute Gasteiger partial charge is 0.497 e. The van der Waals surface area contributed by atoms with Crippen LogP contribution in [0.1, 0.15) is 29.3 Å². The number of amidine groups is 1. The molecule has 132 valence electrons. The van der Waals surface area contributed by atoms with Crippen LogP contribution in [-0.4, -0.2) is 34.9 Å². The van der Waals surface area contributed by atoms with Gasteiger partial charge in [-0.25, -0.2) is 4.99 Å². The minimum Gasteiger partial charge on any atom is -0.497 e. The Morgan fingerprint density at radius 3 is 2.54 bits per heavy atom. The molecule has 0 spiro atoms. The van der Waals surface area contributed by atoms with Crippen molar-refractivity contribution in [1.82, 2.24) is 4.90 Å². The molecule has 0 unspecified atom stereocenters. The maximum absolute atomic E-state index is 13.0. The fraction of sp³-hybridized carbons (Fsp3) is 0.250. The van der Waals surface area contributed by atoms with Crippen LogP contribution in [0.2, 0.25) is 0 Å². The lowest BCUT2D eigenvalue weighted by atomic mass is 10.1. The Kier molecular flexibility index (Phi) is 5.59. The number of thioether (sulfide) groups is 1. The Bertz CT molecular complexity index is 854. The number of amides is 1.